The standard InChI is InChI=1S/C20H36N.C6H6O3S/c1-4-5-6-7-8-9-10-11-12-16-19-21(2,3)20-17-14-13-15-18-20;7-10(8,9)6-4-2-1-3-5-6/h13-15,17-18H,4-12,16,19H2,1-3H3;1-5H,(H,7,8,9)/q+1;/p-1. The molecule has 0 spiro atoms. The fraction of sp³-hybridized carbons (Fsp3) is 0.538. The van der Waals surface area contributed by atoms with Crippen LogP contribution in [0.2, 0.25) is 0 Å². The van der Waals surface area contributed by atoms with Crippen molar-refractivity contribution in [2.24, 2.45) is 0 Å². The molecule has 0 aliphatic heterocycles. The zero-order chi connectivity index (χ0) is 23.0. The van der Waals surface area contributed by atoms with Crippen LogP contribution in [0.4, 0.5) is 5.69 Å². The number of hydrogen-bond acceptors (Lipinski definition) is 3. The maximum absolute atomic E-state index is 10.3. The molecule has 0 bridgehead atoms. The lowest BCUT2D eigenvalue weighted by Crippen LogP contribution is -2.41. The van der Waals surface area contributed by atoms with Crippen molar-refractivity contribution in [2.45, 2.75) is 76.0 Å². The van der Waals surface area contributed by atoms with Gasteiger partial charge in [0.1, 0.15) is 15.8 Å². The molecule has 0 aromatic heterocycles. The average Bonchev–Trinajstić information content (AvgIpc) is 2.76. The lowest BCUT2D eigenvalue weighted by molar-refractivity contribution is 0.380. The van der Waals surface area contributed by atoms with Crippen molar-refractivity contribution >= 4 is 15.8 Å². The van der Waals surface area contributed by atoms with Gasteiger partial charge in [-0.15, -0.1) is 0 Å². The number of para-hydroxylation sites is 1. The lowest BCUT2D eigenvalue weighted by atomic mass is 10.1. The number of quaternary nitrogens is 1. The molecule has 0 unspecified atom stereocenters. The second-order valence-electron chi connectivity index (χ2n) is 8.69. The molecule has 2 aromatic rings. The van der Waals surface area contributed by atoms with E-state index in [1.54, 1.807) is 6.07 Å². The Kier molecular flexibility index (Phi) is 13.4. The highest BCUT2D eigenvalue weighted by Crippen LogP contribution is 2.19. The van der Waals surface area contributed by atoms with Crippen LogP contribution in [0.15, 0.2) is 65.6 Å². The van der Waals surface area contributed by atoms with E-state index in [0.717, 1.165) is 4.48 Å². The monoisotopic (exact) mass is 447 g/mol. The molecule has 0 radical (unpaired) electrons. The Morgan fingerprint density at radius 2 is 1.10 bits per heavy atom. The summed E-state index contributed by atoms with van der Waals surface area (Å²) in [7, 11) is 0.392. The minimum atomic E-state index is -4.25. The van der Waals surface area contributed by atoms with Crippen LogP contribution in [0.3, 0.4) is 0 Å². The molecule has 0 saturated carbocycles. The Morgan fingerprint density at radius 1 is 0.677 bits per heavy atom. The second kappa shape index (κ2) is 15.2. The third-order valence-electron chi connectivity index (χ3n) is 5.56. The maximum atomic E-state index is 10.3. The van der Waals surface area contributed by atoms with Crippen molar-refractivity contribution in [1.29, 1.82) is 0 Å². The van der Waals surface area contributed by atoms with Crippen molar-refractivity contribution in [3.8, 4) is 0 Å². The lowest BCUT2D eigenvalue weighted by Gasteiger charge is -2.29. The van der Waals surface area contributed by atoms with Gasteiger partial charge in [0, 0.05) is 0 Å². The van der Waals surface area contributed by atoms with Crippen molar-refractivity contribution in [3.63, 3.8) is 0 Å². The average molecular weight is 448 g/mol. The van der Waals surface area contributed by atoms with Crippen molar-refractivity contribution in [1.82, 2.24) is 4.48 Å². The summed E-state index contributed by atoms with van der Waals surface area (Å²) in [6, 6.07) is 18.1. The first-order valence-electron chi connectivity index (χ1n) is 11.7. The van der Waals surface area contributed by atoms with Gasteiger partial charge in [-0.3, -0.25) is 4.48 Å². The van der Waals surface area contributed by atoms with E-state index in [1.807, 2.05) is 0 Å². The van der Waals surface area contributed by atoms with E-state index in [1.165, 1.54) is 101 Å². The summed E-state index contributed by atoms with van der Waals surface area (Å²) in [5, 5.41) is 0. The highest BCUT2D eigenvalue weighted by molar-refractivity contribution is 7.85. The maximum Gasteiger partial charge on any atom is 0.132 e. The topological polar surface area (TPSA) is 57.2 Å². The molecule has 0 atom stereocenters. The minimum Gasteiger partial charge on any atom is -0.744 e. The Hall–Kier alpha value is -1.69. The van der Waals surface area contributed by atoms with Crippen LogP contribution >= 0.6 is 0 Å². The van der Waals surface area contributed by atoms with Crippen LogP contribution in [-0.2, 0) is 10.1 Å². The quantitative estimate of drug-likeness (QED) is 0.193. The Labute approximate surface area is 190 Å². The third kappa shape index (κ3) is 12.7. The summed E-state index contributed by atoms with van der Waals surface area (Å²) in [6.45, 7) is 3.54. The van der Waals surface area contributed by atoms with Gasteiger partial charge in [-0.05, 0) is 37.1 Å². The molecule has 0 heterocycles. The SMILES string of the molecule is CCCCCCCCCCCC[N+](C)(C)c1ccccc1.O=S(=O)([O-])c1ccccc1. The van der Waals surface area contributed by atoms with Gasteiger partial charge >= 0.3 is 0 Å². The van der Waals surface area contributed by atoms with E-state index in [9.17, 15) is 13.0 Å². The van der Waals surface area contributed by atoms with Gasteiger partial charge in [0.25, 0.3) is 0 Å². The molecule has 0 fully saturated rings. The summed E-state index contributed by atoms with van der Waals surface area (Å²) in [5.74, 6) is 0. The molecular formula is C26H41NO3S. The number of rotatable bonds is 13. The Balaban J connectivity index is 0.000000399. The second-order valence-corrected chi connectivity index (χ2v) is 10.1. The highest BCUT2D eigenvalue weighted by Gasteiger charge is 2.17. The summed E-state index contributed by atoms with van der Waals surface area (Å²) >= 11 is 0. The van der Waals surface area contributed by atoms with Gasteiger partial charge in [-0.25, -0.2) is 8.42 Å². The van der Waals surface area contributed by atoms with Crippen LogP contribution in [0.1, 0.15) is 71.1 Å². The first-order valence-corrected chi connectivity index (χ1v) is 13.1. The molecule has 0 aliphatic rings. The van der Waals surface area contributed by atoms with Crippen LogP contribution in [0.5, 0.6) is 0 Å². The summed E-state index contributed by atoms with van der Waals surface area (Å²) in [4.78, 5) is -0.185. The van der Waals surface area contributed by atoms with Crippen molar-refractivity contribution in [2.75, 3.05) is 20.6 Å². The molecule has 0 aliphatic carbocycles. The molecule has 0 amide bonds. The molecule has 2 rings (SSSR count). The first-order chi connectivity index (χ1) is 14.8. The minimum absolute atomic E-state index is 0.185. The van der Waals surface area contributed by atoms with Gasteiger partial charge in [0.2, 0.25) is 0 Å². The number of unbranched alkanes of at least 4 members (excludes halogenated alkanes) is 9. The molecule has 0 N–H and O–H groups in total. The Morgan fingerprint density at radius 3 is 1.52 bits per heavy atom. The van der Waals surface area contributed by atoms with E-state index in [4.69, 9.17) is 0 Å². The molecule has 0 saturated heterocycles. The fourth-order valence-corrected chi connectivity index (χ4v) is 4.03. The van der Waals surface area contributed by atoms with Gasteiger partial charge < -0.3 is 4.55 Å². The molecular weight excluding hydrogens is 406 g/mol. The van der Waals surface area contributed by atoms with Gasteiger partial charge in [-0.2, -0.15) is 0 Å². The van der Waals surface area contributed by atoms with Crippen LogP contribution in [-0.4, -0.2) is 33.6 Å². The fourth-order valence-electron chi connectivity index (χ4n) is 3.54. The molecule has 174 valence electrons. The summed E-state index contributed by atoms with van der Waals surface area (Å²) < 4.78 is 31.8. The smallest absolute Gasteiger partial charge is 0.132 e. The van der Waals surface area contributed by atoms with Gasteiger partial charge in [-0.1, -0.05) is 94.7 Å². The largest absolute Gasteiger partial charge is 0.744 e. The zero-order valence-corrected chi connectivity index (χ0v) is 20.4. The van der Waals surface area contributed by atoms with E-state index >= 15 is 0 Å². The van der Waals surface area contributed by atoms with Gasteiger partial charge in [0.15, 0.2) is 0 Å². The zero-order valence-electron chi connectivity index (χ0n) is 19.6. The van der Waals surface area contributed by atoms with Crippen LogP contribution in [0, 0.1) is 0 Å². The van der Waals surface area contributed by atoms with Crippen LogP contribution < -0.4 is 4.48 Å². The van der Waals surface area contributed by atoms with E-state index < -0.39 is 10.1 Å². The highest BCUT2D eigenvalue weighted by atomic mass is 32.2. The number of hydrogen-bond donors (Lipinski definition) is 0. The van der Waals surface area contributed by atoms with Crippen LogP contribution in [0.25, 0.3) is 0 Å². The first kappa shape index (κ1) is 27.3. The van der Waals surface area contributed by atoms with E-state index in [0.29, 0.717) is 0 Å². The number of nitrogens with zero attached hydrogens (tertiary/aromatic N) is 1. The van der Waals surface area contributed by atoms with Crippen molar-refractivity contribution < 1.29 is 13.0 Å². The van der Waals surface area contributed by atoms with E-state index in [2.05, 4.69) is 51.4 Å². The summed E-state index contributed by atoms with van der Waals surface area (Å²) in [6.07, 6.45) is 14.2. The summed E-state index contributed by atoms with van der Waals surface area (Å²) in [5.41, 5.74) is 1.42. The number of benzene rings is 2. The third-order valence-corrected chi connectivity index (χ3v) is 6.41. The van der Waals surface area contributed by atoms with Crippen molar-refractivity contribution in [3.05, 3.63) is 60.7 Å². The Bertz CT molecular complexity index is 790. The molecule has 5 heteroatoms. The van der Waals surface area contributed by atoms with Gasteiger partial charge in [0.05, 0.1) is 25.5 Å². The molecule has 2 aromatic carbocycles. The molecule has 4 nitrogen and oxygen atoms in total. The van der Waals surface area contributed by atoms with E-state index in [-0.39, 0.29) is 4.90 Å². The predicted molar refractivity (Wildman–Crippen MR) is 131 cm³/mol. The normalized spacial score (nSPS) is 11.6. The predicted octanol–water partition coefficient (Wildman–Crippen LogP) is 6.77. The molecule has 31 heavy (non-hydrogen) atoms.